The molecule has 1 aliphatic rings. The van der Waals surface area contributed by atoms with E-state index in [-0.39, 0.29) is 24.8 Å². The minimum atomic E-state index is -0.184. The van der Waals surface area contributed by atoms with E-state index < -0.39 is 0 Å². The van der Waals surface area contributed by atoms with Crippen molar-refractivity contribution in [2.75, 3.05) is 39.8 Å². The topological polar surface area (TPSA) is 64.7 Å². The Kier molecular flexibility index (Phi) is 5.63. The molecule has 2 aromatic rings. The number of nitrogens with one attached hydrogen (secondary N) is 2. The molecule has 3 rings (SSSR count). The zero-order chi connectivity index (χ0) is 17.6. The molecule has 0 aromatic heterocycles. The van der Waals surface area contributed by atoms with Crippen LogP contribution in [0, 0.1) is 0 Å². The molecule has 0 unspecified atom stereocenters. The Balaban J connectivity index is 1.48. The molecule has 6 nitrogen and oxygen atoms in total. The molecule has 25 heavy (non-hydrogen) atoms. The molecule has 1 heterocycles. The molecule has 0 aliphatic carbocycles. The summed E-state index contributed by atoms with van der Waals surface area (Å²) in [5.74, 6) is -0.333. The lowest BCUT2D eigenvalue weighted by molar-refractivity contribution is -0.129. The number of benzene rings is 2. The molecule has 0 bridgehead atoms. The highest BCUT2D eigenvalue weighted by molar-refractivity contribution is 5.91. The second-order valence-corrected chi connectivity index (χ2v) is 6.42. The van der Waals surface area contributed by atoms with Gasteiger partial charge in [-0.2, -0.15) is 0 Å². The average molecular weight is 340 g/mol. The van der Waals surface area contributed by atoms with Gasteiger partial charge in [0.2, 0.25) is 5.91 Å². The van der Waals surface area contributed by atoms with Crippen LogP contribution < -0.4 is 10.7 Å². The number of hydrogen-bond donors (Lipinski definition) is 2. The van der Waals surface area contributed by atoms with Gasteiger partial charge >= 0.3 is 0 Å². The molecule has 0 atom stereocenters. The van der Waals surface area contributed by atoms with E-state index in [1.807, 2.05) is 47.5 Å². The molecular weight excluding hydrogens is 316 g/mol. The van der Waals surface area contributed by atoms with Gasteiger partial charge in [0, 0.05) is 26.2 Å². The maximum absolute atomic E-state index is 12.2. The smallest absolute Gasteiger partial charge is 0.253 e. The van der Waals surface area contributed by atoms with Gasteiger partial charge in [-0.15, -0.1) is 0 Å². The normalized spacial score (nSPS) is 15.9. The lowest BCUT2D eigenvalue weighted by atomic mass is 10.0. The minimum absolute atomic E-state index is 0.00403. The molecule has 2 aromatic carbocycles. The van der Waals surface area contributed by atoms with Crippen molar-refractivity contribution in [1.82, 2.24) is 20.7 Å². The minimum Gasteiger partial charge on any atom is -0.347 e. The number of carbonyl (C=O) groups excluding carboxylic acids is 2. The van der Waals surface area contributed by atoms with Gasteiger partial charge < -0.3 is 10.2 Å². The van der Waals surface area contributed by atoms with Crippen molar-refractivity contribution >= 4 is 22.6 Å². The predicted octanol–water partition coefficient (Wildman–Crippen LogP) is 0.777. The van der Waals surface area contributed by atoms with Crippen molar-refractivity contribution < 1.29 is 9.59 Å². The number of hydrazine groups is 1. The van der Waals surface area contributed by atoms with E-state index in [0.29, 0.717) is 0 Å². The lowest BCUT2D eigenvalue weighted by Crippen LogP contribution is -2.54. The highest BCUT2D eigenvalue weighted by atomic mass is 16.2. The number of fused-ring (bicyclic) bond motifs is 1. The predicted molar refractivity (Wildman–Crippen MR) is 97.9 cm³/mol. The van der Waals surface area contributed by atoms with E-state index in [2.05, 4.69) is 22.7 Å². The van der Waals surface area contributed by atoms with E-state index >= 15 is 0 Å². The third-order valence-electron chi connectivity index (χ3n) is 4.46. The van der Waals surface area contributed by atoms with Crippen LogP contribution in [0.25, 0.3) is 10.8 Å². The third-order valence-corrected chi connectivity index (χ3v) is 4.46. The summed E-state index contributed by atoms with van der Waals surface area (Å²) in [7, 11) is 2.06. The van der Waals surface area contributed by atoms with Gasteiger partial charge in [-0.3, -0.25) is 15.0 Å². The summed E-state index contributed by atoms with van der Waals surface area (Å²) in [6.45, 7) is 3.44. The van der Waals surface area contributed by atoms with Gasteiger partial charge in [-0.1, -0.05) is 42.5 Å². The first kappa shape index (κ1) is 17.4. The van der Waals surface area contributed by atoms with Crippen LogP contribution in [-0.2, 0) is 16.0 Å². The Morgan fingerprint density at radius 1 is 0.960 bits per heavy atom. The van der Waals surface area contributed by atoms with Crippen molar-refractivity contribution in [3.8, 4) is 0 Å². The maximum atomic E-state index is 12.2. The largest absolute Gasteiger partial charge is 0.347 e. The van der Waals surface area contributed by atoms with Gasteiger partial charge in [0.25, 0.3) is 5.91 Å². The molecule has 1 saturated heterocycles. The fourth-order valence-electron chi connectivity index (χ4n) is 3.00. The van der Waals surface area contributed by atoms with E-state index in [1.54, 1.807) is 0 Å². The number of hydrogen-bond acceptors (Lipinski definition) is 4. The van der Waals surface area contributed by atoms with Crippen LogP contribution in [0.15, 0.2) is 42.5 Å². The summed E-state index contributed by atoms with van der Waals surface area (Å²) in [6.07, 6.45) is 0.267. The van der Waals surface area contributed by atoms with Crippen LogP contribution in [0.1, 0.15) is 5.56 Å². The summed E-state index contributed by atoms with van der Waals surface area (Å²) in [6, 6.07) is 13.9. The van der Waals surface area contributed by atoms with Gasteiger partial charge in [0.15, 0.2) is 0 Å². The van der Waals surface area contributed by atoms with Crippen LogP contribution in [0.3, 0.4) is 0 Å². The number of nitrogens with zero attached hydrogens (tertiary/aromatic N) is 2. The Morgan fingerprint density at radius 2 is 1.68 bits per heavy atom. The first-order valence-electron chi connectivity index (χ1n) is 8.58. The van der Waals surface area contributed by atoms with E-state index in [4.69, 9.17) is 0 Å². The quantitative estimate of drug-likeness (QED) is 0.844. The van der Waals surface area contributed by atoms with Gasteiger partial charge in [-0.05, 0) is 23.4 Å². The number of carbonyl (C=O) groups is 2. The summed E-state index contributed by atoms with van der Waals surface area (Å²) >= 11 is 0. The molecule has 2 N–H and O–H groups in total. The van der Waals surface area contributed by atoms with E-state index in [0.717, 1.165) is 42.5 Å². The van der Waals surface area contributed by atoms with Crippen LogP contribution in [0.5, 0.6) is 0 Å². The molecule has 1 aliphatic heterocycles. The molecule has 0 saturated carbocycles. The standard InChI is InChI=1S/C19H24N4O2/c1-22-9-11-23(12-10-22)21-19(25)14-20-18(24)13-16-7-4-6-15-5-2-3-8-17(15)16/h2-8H,9-14H2,1H3,(H,20,24)(H,21,25). The van der Waals surface area contributed by atoms with Crippen LogP contribution in [0.2, 0.25) is 0 Å². The second kappa shape index (κ2) is 8.09. The Labute approximate surface area is 147 Å². The number of likely N-dealkylation sites (N-methyl/N-ethyl adjacent to an activating group) is 1. The third kappa shape index (κ3) is 4.78. The highest BCUT2D eigenvalue weighted by Crippen LogP contribution is 2.18. The van der Waals surface area contributed by atoms with Crippen molar-refractivity contribution in [3.63, 3.8) is 0 Å². The van der Waals surface area contributed by atoms with Crippen molar-refractivity contribution in [3.05, 3.63) is 48.0 Å². The lowest BCUT2D eigenvalue weighted by Gasteiger charge is -2.32. The van der Waals surface area contributed by atoms with E-state index in [1.165, 1.54) is 0 Å². The Morgan fingerprint density at radius 3 is 2.48 bits per heavy atom. The summed E-state index contributed by atoms with van der Waals surface area (Å²) < 4.78 is 0. The summed E-state index contributed by atoms with van der Waals surface area (Å²) in [5, 5.41) is 6.79. The Hall–Kier alpha value is -2.44. The summed E-state index contributed by atoms with van der Waals surface area (Å²) in [4.78, 5) is 26.4. The van der Waals surface area contributed by atoms with Crippen molar-refractivity contribution in [1.29, 1.82) is 0 Å². The molecule has 6 heteroatoms. The average Bonchev–Trinajstić information content (AvgIpc) is 2.62. The zero-order valence-corrected chi connectivity index (χ0v) is 14.5. The van der Waals surface area contributed by atoms with Gasteiger partial charge in [0.1, 0.15) is 0 Å². The number of piperazine rings is 1. The van der Waals surface area contributed by atoms with Crippen LogP contribution in [0.4, 0.5) is 0 Å². The SMILES string of the molecule is CN1CCN(NC(=O)CNC(=O)Cc2cccc3ccccc23)CC1. The molecule has 132 valence electrons. The molecule has 1 fully saturated rings. The van der Waals surface area contributed by atoms with Crippen molar-refractivity contribution in [2.24, 2.45) is 0 Å². The second-order valence-electron chi connectivity index (χ2n) is 6.42. The van der Waals surface area contributed by atoms with Gasteiger partial charge in [-0.25, -0.2) is 5.01 Å². The zero-order valence-electron chi connectivity index (χ0n) is 14.5. The monoisotopic (exact) mass is 340 g/mol. The molecule has 2 amide bonds. The number of rotatable bonds is 5. The summed E-state index contributed by atoms with van der Waals surface area (Å²) in [5.41, 5.74) is 3.81. The highest BCUT2D eigenvalue weighted by Gasteiger charge is 2.16. The maximum Gasteiger partial charge on any atom is 0.253 e. The van der Waals surface area contributed by atoms with Crippen LogP contribution >= 0.6 is 0 Å². The first-order chi connectivity index (χ1) is 12.1. The molecule has 0 spiro atoms. The first-order valence-corrected chi connectivity index (χ1v) is 8.58. The fraction of sp³-hybridized carbons (Fsp3) is 0.368. The Bertz CT molecular complexity index is 749. The molecular formula is C19H24N4O2. The number of amides is 2. The van der Waals surface area contributed by atoms with Crippen LogP contribution in [-0.4, -0.2) is 61.5 Å². The van der Waals surface area contributed by atoms with E-state index in [9.17, 15) is 9.59 Å². The molecule has 0 radical (unpaired) electrons. The van der Waals surface area contributed by atoms with Gasteiger partial charge in [0.05, 0.1) is 13.0 Å². The van der Waals surface area contributed by atoms with Crippen molar-refractivity contribution in [2.45, 2.75) is 6.42 Å². The fourth-order valence-corrected chi connectivity index (χ4v) is 3.00.